The van der Waals surface area contributed by atoms with Crippen molar-refractivity contribution in [3.8, 4) is 11.5 Å². The summed E-state index contributed by atoms with van der Waals surface area (Å²) < 4.78 is 10.5. The molecule has 1 aliphatic rings. The molecule has 0 saturated carbocycles. The smallest absolute Gasteiger partial charge is 0.251 e. The third-order valence-corrected chi connectivity index (χ3v) is 4.86. The Kier molecular flexibility index (Phi) is 6.49. The molecule has 2 aromatic rings. The maximum Gasteiger partial charge on any atom is 0.251 e. The topological polar surface area (TPSA) is 84.9 Å². The van der Waals surface area contributed by atoms with Crippen LogP contribution in [0.2, 0.25) is 0 Å². The lowest BCUT2D eigenvalue weighted by molar-refractivity contribution is -0.139. The normalized spacial score (nSPS) is 13.5. The number of hydrogen-bond donors (Lipinski definition) is 1. The molecule has 1 N–H and O–H groups in total. The molecule has 152 valence electrons. The summed E-state index contributed by atoms with van der Waals surface area (Å²) in [4.78, 5) is 37.0. The molecule has 2 aromatic carbocycles. The Morgan fingerprint density at radius 3 is 2.17 bits per heavy atom. The van der Waals surface area contributed by atoms with E-state index in [1.165, 1.54) is 4.90 Å². The number of benzene rings is 2. The summed E-state index contributed by atoms with van der Waals surface area (Å²) in [6.45, 7) is 0.728. The van der Waals surface area contributed by atoms with E-state index in [9.17, 15) is 14.4 Å². The molecule has 0 unspecified atom stereocenters. The van der Waals surface area contributed by atoms with E-state index in [-0.39, 0.29) is 37.1 Å². The Morgan fingerprint density at radius 2 is 1.55 bits per heavy atom. The van der Waals surface area contributed by atoms with Gasteiger partial charge in [-0.15, -0.1) is 0 Å². The van der Waals surface area contributed by atoms with Crippen molar-refractivity contribution in [2.45, 2.75) is 25.8 Å². The number of imide groups is 1. The van der Waals surface area contributed by atoms with Crippen LogP contribution in [0.5, 0.6) is 11.5 Å². The first-order chi connectivity index (χ1) is 14.0. The Labute approximate surface area is 169 Å². The van der Waals surface area contributed by atoms with Crippen molar-refractivity contribution in [1.29, 1.82) is 0 Å². The number of hydrogen-bond acceptors (Lipinski definition) is 5. The minimum Gasteiger partial charge on any atom is -0.493 e. The second-order valence-electron chi connectivity index (χ2n) is 6.77. The predicted octanol–water partition coefficient (Wildman–Crippen LogP) is 2.33. The van der Waals surface area contributed by atoms with E-state index in [1.807, 2.05) is 18.2 Å². The van der Waals surface area contributed by atoms with Crippen molar-refractivity contribution in [3.63, 3.8) is 0 Å². The van der Waals surface area contributed by atoms with Crippen LogP contribution in [0.15, 0.2) is 42.5 Å². The first kappa shape index (κ1) is 20.4. The van der Waals surface area contributed by atoms with Crippen molar-refractivity contribution in [1.82, 2.24) is 10.2 Å². The van der Waals surface area contributed by atoms with Crippen LogP contribution in [-0.2, 0) is 22.6 Å². The number of likely N-dealkylation sites (tertiary alicyclic amines) is 1. The van der Waals surface area contributed by atoms with Crippen LogP contribution in [0, 0.1) is 0 Å². The Bertz CT molecular complexity index is 892. The Hall–Kier alpha value is -3.35. The molecule has 0 spiro atoms. The van der Waals surface area contributed by atoms with Gasteiger partial charge in [0, 0.05) is 24.9 Å². The third-order valence-electron chi connectivity index (χ3n) is 4.86. The largest absolute Gasteiger partial charge is 0.493 e. The van der Waals surface area contributed by atoms with Crippen LogP contribution >= 0.6 is 0 Å². The number of nitrogens with one attached hydrogen (secondary N) is 1. The number of nitrogens with zero attached hydrogens (tertiary/aromatic N) is 1. The second-order valence-corrected chi connectivity index (χ2v) is 6.77. The molecule has 3 rings (SSSR count). The molecule has 3 amide bonds. The summed E-state index contributed by atoms with van der Waals surface area (Å²) in [6.07, 6.45) is 1.21. The fraction of sp³-hybridized carbons (Fsp3) is 0.318. The second kappa shape index (κ2) is 9.23. The molecule has 1 saturated heterocycles. The van der Waals surface area contributed by atoms with E-state index in [0.717, 1.165) is 11.1 Å². The fourth-order valence-corrected chi connectivity index (χ4v) is 3.20. The molecule has 7 heteroatoms. The highest BCUT2D eigenvalue weighted by Gasteiger charge is 2.28. The summed E-state index contributed by atoms with van der Waals surface area (Å²) in [7, 11) is 3.17. The van der Waals surface area contributed by atoms with E-state index in [4.69, 9.17) is 9.47 Å². The van der Waals surface area contributed by atoms with Gasteiger partial charge in [0.2, 0.25) is 11.8 Å². The highest BCUT2D eigenvalue weighted by molar-refractivity contribution is 6.01. The molecule has 0 aromatic heterocycles. The number of rotatable bonds is 8. The minimum absolute atomic E-state index is 0.146. The molecule has 0 bridgehead atoms. The van der Waals surface area contributed by atoms with E-state index in [2.05, 4.69) is 5.32 Å². The molecule has 1 aliphatic heterocycles. The molecule has 0 radical (unpaired) electrons. The summed E-state index contributed by atoms with van der Waals surface area (Å²) >= 11 is 0. The minimum atomic E-state index is -0.176. The average molecular weight is 396 g/mol. The average Bonchev–Trinajstić information content (AvgIpc) is 3.06. The molecule has 1 fully saturated rings. The van der Waals surface area contributed by atoms with Gasteiger partial charge in [0.1, 0.15) is 0 Å². The molecule has 1 heterocycles. The monoisotopic (exact) mass is 396 g/mol. The van der Waals surface area contributed by atoms with Gasteiger partial charge in [-0.05, 0) is 41.8 Å². The van der Waals surface area contributed by atoms with Crippen molar-refractivity contribution < 1.29 is 23.9 Å². The molecule has 7 nitrogen and oxygen atoms in total. The Balaban J connectivity index is 1.52. The zero-order valence-electron chi connectivity index (χ0n) is 16.6. The molecule has 29 heavy (non-hydrogen) atoms. The number of carbonyl (C=O) groups excluding carboxylic acids is 3. The first-order valence-corrected chi connectivity index (χ1v) is 9.43. The van der Waals surface area contributed by atoms with Gasteiger partial charge in [0.15, 0.2) is 11.5 Å². The van der Waals surface area contributed by atoms with Crippen molar-refractivity contribution in [2.24, 2.45) is 0 Å². The van der Waals surface area contributed by atoms with Crippen LogP contribution in [0.25, 0.3) is 0 Å². The van der Waals surface area contributed by atoms with Gasteiger partial charge in [0.25, 0.3) is 5.91 Å². The van der Waals surface area contributed by atoms with E-state index in [1.54, 1.807) is 38.5 Å². The molecular weight excluding hydrogens is 372 g/mol. The van der Waals surface area contributed by atoms with Crippen molar-refractivity contribution in [3.05, 3.63) is 59.2 Å². The van der Waals surface area contributed by atoms with Gasteiger partial charge in [-0.2, -0.15) is 0 Å². The molecule has 0 atom stereocenters. The zero-order chi connectivity index (χ0) is 20.8. The number of ether oxygens (including phenoxy) is 2. The van der Waals surface area contributed by atoms with Crippen molar-refractivity contribution in [2.75, 3.05) is 20.8 Å². The van der Waals surface area contributed by atoms with E-state index in [0.29, 0.717) is 30.0 Å². The van der Waals surface area contributed by atoms with Gasteiger partial charge < -0.3 is 14.8 Å². The number of methoxy groups -OCH3 is 2. The van der Waals surface area contributed by atoms with Crippen LogP contribution in [0.4, 0.5) is 0 Å². The van der Waals surface area contributed by atoms with Crippen molar-refractivity contribution >= 4 is 17.7 Å². The predicted molar refractivity (Wildman–Crippen MR) is 107 cm³/mol. The van der Waals surface area contributed by atoms with Gasteiger partial charge >= 0.3 is 0 Å². The quantitative estimate of drug-likeness (QED) is 0.693. The van der Waals surface area contributed by atoms with Gasteiger partial charge in [-0.1, -0.05) is 18.2 Å². The molecular formula is C22H24N2O5. The third kappa shape index (κ3) is 4.93. The summed E-state index contributed by atoms with van der Waals surface area (Å²) in [5.74, 6) is 0.851. The number of amides is 3. The van der Waals surface area contributed by atoms with Gasteiger partial charge in [0.05, 0.1) is 20.8 Å². The fourth-order valence-electron chi connectivity index (χ4n) is 3.20. The first-order valence-electron chi connectivity index (χ1n) is 9.43. The lowest BCUT2D eigenvalue weighted by Crippen LogP contribution is -2.28. The maximum absolute atomic E-state index is 12.3. The van der Waals surface area contributed by atoms with Crippen LogP contribution in [0.1, 0.15) is 34.3 Å². The summed E-state index contributed by atoms with van der Waals surface area (Å²) in [6, 6.07) is 12.6. The van der Waals surface area contributed by atoms with E-state index >= 15 is 0 Å². The highest BCUT2D eigenvalue weighted by Crippen LogP contribution is 2.27. The zero-order valence-corrected chi connectivity index (χ0v) is 16.6. The van der Waals surface area contributed by atoms with Crippen LogP contribution < -0.4 is 14.8 Å². The lowest BCUT2D eigenvalue weighted by Gasteiger charge is -2.14. The van der Waals surface area contributed by atoms with Crippen LogP contribution in [-0.4, -0.2) is 43.4 Å². The maximum atomic E-state index is 12.3. The van der Waals surface area contributed by atoms with Crippen LogP contribution in [0.3, 0.4) is 0 Å². The molecule has 0 aliphatic carbocycles. The summed E-state index contributed by atoms with van der Waals surface area (Å²) in [5, 5.41) is 2.89. The van der Waals surface area contributed by atoms with Gasteiger partial charge in [-0.25, -0.2) is 0 Å². The lowest BCUT2D eigenvalue weighted by atomic mass is 10.1. The SMILES string of the molecule is COc1ccc(CCNC(=O)c2ccc(CN3C(=O)CCC3=O)cc2)cc1OC. The van der Waals surface area contributed by atoms with E-state index < -0.39 is 0 Å². The standard InChI is InChI=1S/C22H24N2O5/c1-28-18-8-5-15(13-19(18)29-2)11-12-23-22(27)17-6-3-16(4-7-17)14-24-20(25)9-10-21(24)26/h3-8,13H,9-12,14H2,1-2H3,(H,23,27). The number of carbonyl (C=O) groups is 3. The van der Waals surface area contributed by atoms with Gasteiger partial charge in [-0.3, -0.25) is 19.3 Å². The summed E-state index contributed by atoms with van der Waals surface area (Å²) in [5.41, 5.74) is 2.37. The Morgan fingerprint density at radius 1 is 0.931 bits per heavy atom. The highest BCUT2D eigenvalue weighted by atomic mass is 16.5.